The van der Waals surface area contributed by atoms with Crippen LogP contribution in [-0.4, -0.2) is 56.2 Å². The second-order valence-electron chi connectivity index (χ2n) is 7.45. The third-order valence-corrected chi connectivity index (χ3v) is 5.94. The second-order valence-corrected chi connectivity index (χ2v) is 7.88. The number of carbonyl (C=O) groups excluding carboxylic acids is 3. The molecule has 0 bridgehead atoms. The number of urea groups is 1. The van der Waals surface area contributed by atoms with Crippen molar-refractivity contribution in [1.82, 2.24) is 24.5 Å². The van der Waals surface area contributed by atoms with Crippen molar-refractivity contribution in [3.63, 3.8) is 0 Å². The maximum Gasteiger partial charge on any atom is 0.327 e. The highest BCUT2D eigenvalue weighted by Gasteiger charge is 2.55. The highest BCUT2D eigenvalue weighted by molar-refractivity contribution is 6.30. The van der Waals surface area contributed by atoms with Crippen LogP contribution >= 0.6 is 11.6 Å². The van der Waals surface area contributed by atoms with Crippen LogP contribution in [0.1, 0.15) is 37.8 Å². The zero-order valence-electron chi connectivity index (χ0n) is 15.7. The Kier molecular flexibility index (Phi) is 4.74. The standard InChI is InChI=1S/C19H22ClN5O3/c1-23-18(28)25(17(27)19(23)7-3-2-4-8-19)12-16(26)21-9-14-11-24-10-13(20)5-6-15(24)22-14/h5-6,10-11H,2-4,7-9,12H2,1H3,(H,21,26). The molecule has 0 atom stereocenters. The molecule has 0 aromatic carbocycles. The van der Waals surface area contributed by atoms with Crippen molar-refractivity contribution in [1.29, 1.82) is 0 Å². The number of nitrogens with zero attached hydrogens (tertiary/aromatic N) is 4. The maximum absolute atomic E-state index is 12.9. The molecule has 1 saturated carbocycles. The molecule has 0 radical (unpaired) electrons. The minimum absolute atomic E-state index is 0.204. The molecule has 148 valence electrons. The largest absolute Gasteiger partial charge is 0.349 e. The third-order valence-electron chi connectivity index (χ3n) is 5.72. The molecular weight excluding hydrogens is 382 g/mol. The second kappa shape index (κ2) is 7.09. The van der Waals surface area contributed by atoms with E-state index in [9.17, 15) is 14.4 Å². The molecule has 28 heavy (non-hydrogen) atoms. The fraction of sp³-hybridized carbons (Fsp3) is 0.474. The molecule has 3 heterocycles. The van der Waals surface area contributed by atoms with Crippen molar-refractivity contribution in [2.24, 2.45) is 0 Å². The van der Waals surface area contributed by atoms with Crippen LogP contribution in [0, 0.1) is 0 Å². The Bertz CT molecular complexity index is 950. The Balaban J connectivity index is 1.40. The number of hydrogen-bond donors (Lipinski definition) is 1. The van der Waals surface area contributed by atoms with Crippen LogP contribution < -0.4 is 5.32 Å². The number of halogens is 1. The van der Waals surface area contributed by atoms with E-state index in [2.05, 4.69) is 10.3 Å². The number of nitrogens with one attached hydrogen (secondary N) is 1. The number of carbonyl (C=O) groups is 3. The zero-order valence-corrected chi connectivity index (χ0v) is 16.4. The molecule has 2 aromatic rings. The monoisotopic (exact) mass is 403 g/mol. The lowest BCUT2D eigenvalue weighted by Gasteiger charge is -2.35. The molecule has 8 nitrogen and oxygen atoms in total. The van der Waals surface area contributed by atoms with E-state index in [1.165, 1.54) is 4.90 Å². The molecule has 2 aliphatic rings. The molecule has 1 saturated heterocycles. The summed E-state index contributed by atoms with van der Waals surface area (Å²) in [6.07, 6.45) is 7.74. The van der Waals surface area contributed by atoms with Gasteiger partial charge in [-0.2, -0.15) is 0 Å². The van der Waals surface area contributed by atoms with Gasteiger partial charge < -0.3 is 14.6 Å². The van der Waals surface area contributed by atoms with Gasteiger partial charge in [-0.25, -0.2) is 9.78 Å². The molecule has 2 fully saturated rings. The number of fused-ring (bicyclic) bond motifs is 1. The Labute approximate surface area is 167 Å². The van der Waals surface area contributed by atoms with Gasteiger partial charge in [0.2, 0.25) is 5.91 Å². The first-order chi connectivity index (χ1) is 13.4. The number of aromatic nitrogens is 2. The van der Waals surface area contributed by atoms with Crippen molar-refractivity contribution in [2.45, 2.75) is 44.2 Å². The molecule has 1 aliphatic carbocycles. The summed E-state index contributed by atoms with van der Waals surface area (Å²) in [5.41, 5.74) is 0.617. The first-order valence-electron chi connectivity index (χ1n) is 9.40. The smallest absolute Gasteiger partial charge is 0.327 e. The van der Waals surface area contributed by atoms with Gasteiger partial charge in [-0.1, -0.05) is 30.9 Å². The number of amides is 4. The van der Waals surface area contributed by atoms with Crippen LogP contribution in [0.15, 0.2) is 24.5 Å². The fourth-order valence-corrected chi connectivity index (χ4v) is 4.33. The molecule has 1 N–H and O–H groups in total. The summed E-state index contributed by atoms with van der Waals surface area (Å²) in [7, 11) is 1.66. The average Bonchev–Trinajstić information content (AvgIpc) is 3.17. The lowest BCUT2D eigenvalue weighted by molar-refractivity contribution is -0.137. The van der Waals surface area contributed by atoms with Gasteiger partial charge >= 0.3 is 6.03 Å². The predicted molar refractivity (Wildman–Crippen MR) is 103 cm³/mol. The van der Waals surface area contributed by atoms with E-state index in [0.717, 1.165) is 29.8 Å². The van der Waals surface area contributed by atoms with Gasteiger partial charge in [0.15, 0.2) is 0 Å². The summed E-state index contributed by atoms with van der Waals surface area (Å²) in [4.78, 5) is 44.9. The first kappa shape index (κ1) is 18.7. The fourth-order valence-electron chi connectivity index (χ4n) is 4.16. The number of imidazole rings is 1. The highest BCUT2D eigenvalue weighted by atomic mass is 35.5. The van der Waals surface area contributed by atoms with Gasteiger partial charge in [-0.05, 0) is 25.0 Å². The lowest BCUT2D eigenvalue weighted by Crippen LogP contribution is -2.49. The van der Waals surface area contributed by atoms with Crippen LogP contribution in [0.5, 0.6) is 0 Å². The van der Waals surface area contributed by atoms with E-state index in [-0.39, 0.29) is 19.0 Å². The van der Waals surface area contributed by atoms with Crippen molar-refractivity contribution < 1.29 is 14.4 Å². The quantitative estimate of drug-likeness (QED) is 0.793. The van der Waals surface area contributed by atoms with E-state index in [1.54, 1.807) is 36.0 Å². The van der Waals surface area contributed by atoms with E-state index >= 15 is 0 Å². The van der Waals surface area contributed by atoms with E-state index < -0.39 is 17.5 Å². The van der Waals surface area contributed by atoms with Crippen molar-refractivity contribution in [2.75, 3.05) is 13.6 Å². The highest BCUT2D eigenvalue weighted by Crippen LogP contribution is 2.39. The summed E-state index contributed by atoms with van der Waals surface area (Å²) in [6.45, 7) is -0.0711. The van der Waals surface area contributed by atoms with Crippen molar-refractivity contribution >= 4 is 35.1 Å². The molecule has 1 spiro atoms. The van der Waals surface area contributed by atoms with Gasteiger partial charge in [0.1, 0.15) is 17.7 Å². The number of likely N-dealkylation sites (N-methyl/N-ethyl adjacent to an activating group) is 1. The van der Waals surface area contributed by atoms with Crippen LogP contribution in [-0.2, 0) is 16.1 Å². The van der Waals surface area contributed by atoms with Crippen LogP contribution in [0.4, 0.5) is 4.79 Å². The van der Waals surface area contributed by atoms with E-state index in [4.69, 9.17) is 11.6 Å². The van der Waals surface area contributed by atoms with Crippen molar-refractivity contribution in [3.05, 3.63) is 35.2 Å². The average molecular weight is 404 g/mol. The number of rotatable bonds is 4. The van der Waals surface area contributed by atoms with E-state index in [0.29, 0.717) is 23.6 Å². The van der Waals surface area contributed by atoms with Crippen LogP contribution in [0.25, 0.3) is 5.65 Å². The Morgan fingerprint density at radius 3 is 2.71 bits per heavy atom. The van der Waals surface area contributed by atoms with Gasteiger partial charge in [-0.15, -0.1) is 0 Å². The van der Waals surface area contributed by atoms with Crippen LogP contribution in [0.2, 0.25) is 5.02 Å². The van der Waals surface area contributed by atoms with Crippen molar-refractivity contribution in [3.8, 4) is 0 Å². The molecule has 0 unspecified atom stereocenters. The number of hydrogen-bond acceptors (Lipinski definition) is 4. The number of pyridine rings is 1. The lowest BCUT2D eigenvalue weighted by atomic mass is 9.81. The predicted octanol–water partition coefficient (Wildman–Crippen LogP) is 2.20. The minimum atomic E-state index is -0.767. The molecular formula is C19H22ClN5O3. The first-order valence-corrected chi connectivity index (χ1v) is 9.78. The van der Waals surface area contributed by atoms with Gasteiger partial charge in [0.25, 0.3) is 5.91 Å². The van der Waals surface area contributed by atoms with Gasteiger partial charge in [0, 0.05) is 19.4 Å². The molecule has 9 heteroatoms. The minimum Gasteiger partial charge on any atom is -0.349 e. The summed E-state index contributed by atoms with van der Waals surface area (Å²) in [5, 5.41) is 3.33. The molecule has 1 aliphatic heterocycles. The Hall–Kier alpha value is -2.61. The maximum atomic E-state index is 12.9. The van der Waals surface area contributed by atoms with Crippen LogP contribution in [0.3, 0.4) is 0 Å². The van der Waals surface area contributed by atoms with E-state index in [1.807, 2.05) is 0 Å². The summed E-state index contributed by atoms with van der Waals surface area (Å²) >= 11 is 5.96. The molecule has 2 aromatic heterocycles. The SMILES string of the molecule is CN1C(=O)N(CC(=O)NCc2cn3cc(Cl)ccc3n2)C(=O)C12CCCCC2. The normalized spacial score (nSPS) is 19.1. The molecule has 4 amide bonds. The number of imide groups is 1. The Morgan fingerprint density at radius 1 is 1.21 bits per heavy atom. The molecule has 4 rings (SSSR count). The zero-order chi connectivity index (χ0) is 19.9. The third kappa shape index (κ3) is 3.11. The summed E-state index contributed by atoms with van der Waals surface area (Å²) in [5.74, 6) is -0.643. The topological polar surface area (TPSA) is 87.0 Å². The summed E-state index contributed by atoms with van der Waals surface area (Å²) in [6, 6.07) is 3.13. The van der Waals surface area contributed by atoms with Gasteiger partial charge in [-0.3, -0.25) is 14.5 Å². The Morgan fingerprint density at radius 2 is 1.96 bits per heavy atom. The summed E-state index contributed by atoms with van der Waals surface area (Å²) < 4.78 is 1.78. The van der Waals surface area contributed by atoms with Gasteiger partial charge in [0.05, 0.1) is 17.3 Å².